The van der Waals surface area contributed by atoms with Gasteiger partial charge < -0.3 is 14.0 Å². The molecule has 1 fully saturated rings. The lowest BCUT2D eigenvalue weighted by Gasteiger charge is -2.22. The SMILES string of the molecule is BrCCCc1nc(-c2ccc(COC3CCCCO3)cc2)no1. The average Bonchev–Trinajstić information content (AvgIpc) is 3.08. The third kappa shape index (κ3) is 4.86. The standard InChI is InChI=1S/C17H21BrN2O3/c18-10-3-4-15-19-17(20-23-15)14-8-6-13(7-9-14)12-22-16-5-1-2-11-21-16/h6-9,16H,1-5,10-12H2. The number of rotatable bonds is 7. The van der Waals surface area contributed by atoms with E-state index in [4.69, 9.17) is 14.0 Å². The molecule has 1 aromatic carbocycles. The summed E-state index contributed by atoms with van der Waals surface area (Å²) in [4.78, 5) is 4.42. The molecule has 1 atom stereocenters. The molecule has 124 valence electrons. The average molecular weight is 381 g/mol. The second kappa shape index (κ2) is 8.57. The molecule has 0 radical (unpaired) electrons. The first-order valence-corrected chi connectivity index (χ1v) is 9.18. The van der Waals surface area contributed by atoms with Crippen molar-refractivity contribution in [2.45, 2.75) is 45.0 Å². The van der Waals surface area contributed by atoms with Gasteiger partial charge in [-0.1, -0.05) is 45.4 Å². The van der Waals surface area contributed by atoms with E-state index in [0.29, 0.717) is 18.3 Å². The van der Waals surface area contributed by atoms with Crippen molar-refractivity contribution in [3.8, 4) is 11.4 Å². The first kappa shape index (κ1) is 16.6. The summed E-state index contributed by atoms with van der Waals surface area (Å²) in [5.41, 5.74) is 2.07. The van der Waals surface area contributed by atoms with Gasteiger partial charge in [0.05, 0.1) is 6.61 Å². The summed E-state index contributed by atoms with van der Waals surface area (Å²) in [5.74, 6) is 1.32. The van der Waals surface area contributed by atoms with E-state index >= 15 is 0 Å². The van der Waals surface area contributed by atoms with E-state index in [1.54, 1.807) is 0 Å². The van der Waals surface area contributed by atoms with Crippen LogP contribution in [0.25, 0.3) is 11.4 Å². The van der Waals surface area contributed by atoms with Gasteiger partial charge in [0.1, 0.15) is 0 Å². The normalized spacial score (nSPS) is 18.2. The number of aromatic nitrogens is 2. The first-order valence-electron chi connectivity index (χ1n) is 8.06. The largest absolute Gasteiger partial charge is 0.353 e. The zero-order valence-electron chi connectivity index (χ0n) is 13.0. The summed E-state index contributed by atoms with van der Waals surface area (Å²) in [6.45, 7) is 1.37. The molecule has 0 N–H and O–H groups in total. The fraction of sp³-hybridized carbons (Fsp3) is 0.529. The molecule has 2 aromatic rings. The van der Waals surface area contributed by atoms with Gasteiger partial charge in [0.2, 0.25) is 11.7 Å². The van der Waals surface area contributed by atoms with Crippen molar-refractivity contribution in [3.63, 3.8) is 0 Å². The van der Waals surface area contributed by atoms with Crippen LogP contribution in [0.1, 0.15) is 37.1 Å². The van der Waals surface area contributed by atoms with Crippen LogP contribution in [0, 0.1) is 0 Å². The Balaban J connectivity index is 1.54. The Kier molecular flexibility index (Phi) is 6.19. The molecule has 1 unspecified atom stereocenters. The van der Waals surface area contributed by atoms with Crippen LogP contribution in [0.2, 0.25) is 0 Å². The first-order chi connectivity index (χ1) is 11.3. The minimum Gasteiger partial charge on any atom is -0.353 e. The van der Waals surface area contributed by atoms with Crippen molar-refractivity contribution in [3.05, 3.63) is 35.7 Å². The zero-order chi connectivity index (χ0) is 15.9. The predicted octanol–water partition coefficient (Wildman–Crippen LogP) is 4.11. The molecule has 6 heteroatoms. The van der Waals surface area contributed by atoms with E-state index in [-0.39, 0.29) is 6.29 Å². The van der Waals surface area contributed by atoms with Crippen molar-refractivity contribution in [2.24, 2.45) is 0 Å². The highest BCUT2D eigenvalue weighted by atomic mass is 79.9. The fourth-order valence-electron chi connectivity index (χ4n) is 2.47. The van der Waals surface area contributed by atoms with Gasteiger partial charge in [-0.2, -0.15) is 4.98 Å². The Hall–Kier alpha value is -1.24. The summed E-state index contributed by atoms with van der Waals surface area (Å²) < 4.78 is 16.6. The van der Waals surface area contributed by atoms with E-state index in [1.807, 2.05) is 24.3 Å². The maximum atomic E-state index is 5.79. The molecule has 1 aliphatic rings. The predicted molar refractivity (Wildman–Crippen MR) is 90.2 cm³/mol. The molecule has 0 aliphatic carbocycles. The molecule has 1 aromatic heterocycles. The van der Waals surface area contributed by atoms with Gasteiger partial charge in [-0.3, -0.25) is 0 Å². The lowest BCUT2D eigenvalue weighted by atomic mass is 10.1. The Morgan fingerprint density at radius 3 is 2.83 bits per heavy atom. The molecule has 1 saturated heterocycles. The van der Waals surface area contributed by atoms with Crippen LogP contribution in [0.15, 0.2) is 28.8 Å². The maximum Gasteiger partial charge on any atom is 0.226 e. The fourth-order valence-corrected chi connectivity index (χ4v) is 2.75. The van der Waals surface area contributed by atoms with Gasteiger partial charge in [-0.25, -0.2) is 0 Å². The van der Waals surface area contributed by atoms with Crippen LogP contribution in [0.5, 0.6) is 0 Å². The minimum atomic E-state index is -0.0578. The molecule has 0 amide bonds. The van der Waals surface area contributed by atoms with E-state index in [9.17, 15) is 0 Å². The maximum absolute atomic E-state index is 5.79. The summed E-state index contributed by atoms with van der Waals surface area (Å²) in [5, 5.41) is 4.97. The van der Waals surface area contributed by atoms with Gasteiger partial charge in [0.25, 0.3) is 0 Å². The van der Waals surface area contributed by atoms with Gasteiger partial charge >= 0.3 is 0 Å². The number of ether oxygens (including phenoxy) is 2. The quantitative estimate of drug-likeness (QED) is 0.676. The summed E-state index contributed by atoms with van der Waals surface area (Å²) in [6, 6.07) is 8.07. The molecule has 1 aliphatic heterocycles. The summed E-state index contributed by atoms with van der Waals surface area (Å²) >= 11 is 3.40. The molecule has 3 rings (SSSR count). The Labute approximate surface area is 144 Å². The molecule has 23 heavy (non-hydrogen) atoms. The van der Waals surface area contributed by atoms with Crippen LogP contribution in [0.4, 0.5) is 0 Å². The molecule has 0 saturated carbocycles. The van der Waals surface area contributed by atoms with Crippen LogP contribution >= 0.6 is 15.9 Å². The monoisotopic (exact) mass is 380 g/mol. The minimum absolute atomic E-state index is 0.0578. The van der Waals surface area contributed by atoms with Crippen molar-refractivity contribution in [1.29, 1.82) is 0 Å². The number of hydrogen-bond acceptors (Lipinski definition) is 5. The lowest BCUT2D eigenvalue weighted by Crippen LogP contribution is -2.21. The van der Waals surface area contributed by atoms with Crippen molar-refractivity contribution in [1.82, 2.24) is 10.1 Å². The number of nitrogens with zero attached hydrogens (tertiary/aromatic N) is 2. The number of aryl methyl sites for hydroxylation is 1. The van der Waals surface area contributed by atoms with E-state index in [2.05, 4.69) is 26.1 Å². The Bertz CT molecular complexity index is 594. The van der Waals surface area contributed by atoms with Crippen molar-refractivity contribution < 1.29 is 14.0 Å². The zero-order valence-corrected chi connectivity index (χ0v) is 14.6. The highest BCUT2D eigenvalue weighted by molar-refractivity contribution is 9.09. The molecular formula is C17H21BrN2O3. The Morgan fingerprint density at radius 1 is 1.22 bits per heavy atom. The van der Waals surface area contributed by atoms with Gasteiger partial charge in [-0.05, 0) is 31.2 Å². The molecular weight excluding hydrogens is 360 g/mol. The van der Waals surface area contributed by atoms with E-state index < -0.39 is 0 Å². The van der Waals surface area contributed by atoms with Crippen molar-refractivity contribution >= 4 is 15.9 Å². The Morgan fingerprint density at radius 2 is 2.09 bits per heavy atom. The van der Waals surface area contributed by atoms with Gasteiger partial charge in [-0.15, -0.1) is 0 Å². The number of hydrogen-bond donors (Lipinski definition) is 0. The third-order valence-corrected chi connectivity index (χ3v) is 4.34. The molecule has 2 heterocycles. The van der Waals surface area contributed by atoms with Crippen LogP contribution in [-0.2, 0) is 22.5 Å². The third-order valence-electron chi connectivity index (χ3n) is 3.78. The second-order valence-electron chi connectivity index (χ2n) is 5.61. The van der Waals surface area contributed by atoms with Crippen LogP contribution < -0.4 is 0 Å². The van der Waals surface area contributed by atoms with Crippen molar-refractivity contribution in [2.75, 3.05) is 11.9 Å². The van der Waals surface area contributed by atoms with E-state index in [1.165, 1.54) is 6.42 Å². The van der Waals surface area contributed by atoms with E-state index in [0.717, 1.165) is 48.7 Å². The highest BCUT2D eigenvalue weighted by Gasteiger charge is 2.14. The topological polar surface area (TPSA) is 57.4 Å². The summed E-state index contributed by atoms with van der Waals surface area (Å²) in [6.07, 6.45) is 5.03. The number of alkyl halides is 1. The smallest absolute Gasteiger partial charge is 0.226 e. The number of benzene rings is 1. The highest BCUT2D eigenvalue weighted by Crippen LogP contribution is 2.19. The molecule has 0 spiro atoms. The van der Waals surface area contributed by atoms with Gasteiger partial charge in [0, 0.05) is 23.9 Å². The van der Waals surface area contributed by atoms with Crippen LogP contribution in [-0.4, -0.2) is 28.4 Å². The molecule has 5 nitrogen and oxygen atoms in total. The summed E-state index contributed by atoms with van der Waals surface area (Å²) in [7, 11) is 0. The molecule has 0 bridgehead atoms. The van der Waals surface area contributed by atoms with Crippen LogP contribution in [0.3, 0.4) is 0 Å². The van der Waals surface area contributed by atoms with Gasteiger partial charge in [0.15, 0.2) is 6.29 Å². The lowest BCUT2D eigenvalue weighted by molar-refractivity contribution is -0.168. The second-order valence-corrected chi connectivity index (χ2v) is 6.40. The number of halogens is 1.